The number of nitrogens with zero attached hydrogens (tertiary/aromatic N) is 2. The first-order valence-corrected chi connectivity index (χ1v) is 10.4. The molecule has 0 aromatic carbocycles. The van der Waals surface area contributed by atoms with Gasteiger partial charge in [-0.15, -0.1) is 12.8 Å². The van der Waals surface area contributed by atoms with Crippen molar-refractivity contribution in [3.63, 3.8) is 0 Å². The van der Waals surface area contributed by atoms with Crippen LogP contribution in [0.2, 0.25) is 0 Å². The quantitative estimate of drug-likeness (QED) is 0.134. The van der Waals surface area contributed by atoms with Crippen molar-refractivity contribution < 1.29 is 37.8 Å². The Kier molecular flexibility index (Phi) is 15.9. The number of aliphatic hydroxyl groups excluding tert-OH is 1. The number of terminal acetylenes is 1. The zero-order chi connectivity index (χ0) is 24.6. The van der Waals surface area contributed by atoms with Crippen molar-refractivity contribution in [2.45, 2.75) is 57.8 Å². The first kappa shape index (κ1) is 30.6. The lowest BCUT2D eigenvalue weighted by Gasteiger charge is -2.16. The normalized spacial score (nSPS) is 13.5. The summed E-state index contributed by atoms with van der Waals surface area (Å²) in [6.45, 7) is 2.43. The molecular weight excluding hydrogens is 436 g/mol. The lowest BCUT2D eigenvalue weighted by Crippen LogP contribution is -2.51. The van der Waals surface area contributed by atoms with Gasteiger partial charge in [0, 0.05) is 6.92 Å². The van der Waals surface area contributed by atoms with E-state index in [1.807, 2.05) is 4.72 Å². The minimum Gasteiger partial charge on any atom is -0.481 e. The van der Waals surface area contributed by atoms with Gasteiger partial charge in [-0.2, -0.15) is 22.8 Å². The highest BCUT2D eigenvalue weighted by molar-refractivity contribution is 7.87. The first-order valence-electron chi connectivity index (χ1n) is 8.88. The van der Waals surface area contributed by atoms with Crippen LogP contribution in [0.1, 0.15) is 50.9 Å². The number of nitrogens with two attached hydrogens (primary N) is 2. The average molecular weight is 467 g/mol. The molecule has 0 aliphatic heterocycles. The van der Waals surface area contributed by atoms with Crippen molar-refractivity contribution in [3.05, 3.63) is 11.7 Å². The third kappa shape index (κ3) is 14.9. The number of carbonyl (C=O) groups is 2. The summed E-state index contributed by atoms with van der Waals surface area (Å²) in [4.78, 5) is 23.9. The van der Waals surface area contributed by atoms with Crippen LogP contribution in [0.3, 0.4) is 0 Å². The third-order valence-corrected chi connectivity index (χ3v) is 4.32. The molecule has 9 N–H and O–H groups in total. The second kappa shape index (κ2) is 16.1. The predicted molar refractivity (Wildman–Crippen MR) is 109 cm³/mol. The van der Waals surface area contributed by atoms with Crippen molar-refractivity contribution >= 4 is 22.1 Å². The van der Waals surface area contributed by atoms with E-state index in [0.717, 1.165) is 26.7 Å². The molecule has 1 aromatic rings. The highest BCUT2D eigenvalue weighted by atomic mass is 32.2. The molecule has 0 amide bonds. The molecule has 15 heteroatoms. The summed E-state index contributed by atoms with van der Waals surface area (Å²) in [6, 6.07) is -2.14. The van der Waals surface area contributed by atoms with Gasteiger partial charge in [-0.1, -0.05) is 11.6 Å². The molecule has 1 heterocycles. The Labute approximate surface area is 180 Å². The Morgan fingerprint density at radius 2 is 1.81 bits per heavy atom. The van der Waals surface area contributed by atoms with E-state index in [9.17, 15) is 18.3 Å². The number of rotatable bonds is 12. The highest BCUT2D eigenvalue weighted by Gasteiger charge is 2.28. The topological polar surface area (TPSA) is 244 Å². The van der Waals surface area contributed by atoms with Gasteiger partial charge >= 0.3 is 5.97 Å². The molecule has 14 nitrogen and oxygen atoms in total. The van der Waals surface area contributed by atoms with E-state index >= 15 is 0 Å². The molecule has 0 aliphatic rings. The first-order chi connectivity index (χ1) is 14.4. The monoisotopic (exact) mass is 466 g/mol. The molecule has 178 valence electrons. The largest absolute Gasteiger partial charge is 0.481 e. The molecule has 0 aliphatic carbocycles. The number of aliphatic carboxylic acids is 2. The zero-order valence-electron chi connectivity index (χ0n) is 17.3. The number of nitrogens with one attached hydrogen (secondary N) is 2. The van der Waals surface area contributed by atoms with Crippen LogP contribution in [0.15, 0.2) is 4.52 Å². The van der Waals surface area contributed by atoms with E-state index < -0.39 is 40.3 Å². The number of carboxylic acids is 2. The summed E-state index contributed by atoms with van der Waals surface area (Å²) in [5.74, 6) is -2.13. The smallest absolute Gasteiger partial charge is 0.324 e. The van der Waals surface area contributed by atoms with E-state index in [1.54, 1.807) is 0 Å². The van der Waals surface area contributed by atoms with Crippen molar-refractivity contribution in [3.8, 4) is 12.8 Å². The molecule has 1 aromatic heterocycles. The Hall–Kier alpha value is -2.61. The van der Waals surface area contributed by atoms with Gasteiger partial charge in [0.25, 0.3) is 16.2 Å². The fourth-order valence-electron chi connectivity index (χ4n) is 1.85. The third-order valence-electron chi connectivity index (χ3n) is 3.23. The molecule has 1 rings (SSSR count). The van der Waals surface area contributed by atoms with Crippen LogP contribution < -0.4 is 20.9 Å². The maximum atomic E-state index is 11.8. The second-order valence-corrected chi connectivity index (χ2v) is 7.49. The van der Waals surface area contributed by atoms with E-state index in [-0.39, 0.29) is 18.3 Å². The van der Waals surface area contributed by atoms with Gasteiger partial charge in [0.05, 0.1) is 18.7 Å². The Morgan fingerprint density at radius 3 is 2.26 bits per heavy atom. The van der Waals surface area contributed by atoms with Crippen LogP contribution in [0.4, 0.5) is 0 Å². The SMILES string of the molecule is C#C.CC(=O)O.CC(O)C(NS(=O)(=O)NCc1nc([C@@H](N)CCCCN)no1)C(=O)O. The van der Waals surface area contributed by atoms with Crippen LogP contribution in [0.5, 0.6) is 0 Å². The maximum Gasteiger partial charge on any atom is 0.324 e. The fourth-order valence-corrected chi connectivity index (χ4v) is 2.88. The number of unbranched alkanes of at least 4 members (excludes halogenated alkanes) is 1. The van der Waals surface area contributed by atoms with Crippen molar-refractivity contribution in [2.75, 3.05) is 6.54 Å². The van der Waals surface area contributed by atoms with Gasteiger partial charge in [0.1, 0.15) is 6.04 Å². The van der Waals surface area contributed by atoms with Gasteiger partial charge in [0.15, 0.2) is 5.82 Å². The molecule has 0 saturated carbocycles. The summed E-state index contributed by atoms with van der Waals surface area (Å²) in [5.41, 5.74) is 11.3. The molecule has 0 radical (unpaired) electrons. The van der Waals surface area contributed by atoms with Crippen LogP contribution in [0.25, 0.3) is 0 Å². The van der Waals surface area contributed by atoms with Crippen LogP contribution in [0, 0.1) is 12.8 Å². The highest BCUT2D eigenvalue weighted by Crippen LogP contribution is 2.13. The van der Waals surface area contributed by atoms with Crippen LogP contribution in [-0.2, 0) is 26.3 Å². The Balaban J connectivity index is 0. The molecule has 31 heavy (non-hydrogen) atoms. The minimum atomic E-state index is -4.21. The summed E-state index contributed by atoms with van der Waals surface area (Å²) in [5, 5.41) is 29.3. The Morgan fingerprint density at radius 1 is 1.26 bits per heavy atom. The fraction of sp³-hybridized carbons (Fsp3) is 0.625. The maximum absolute atomic E-state index is 11.8. The summed E-state index contributed by atoms with van der Waals surface area (Å²) >= 11 is 0. The summed E-state index contributed by atoms with van der Waals surface area (Å²) in [6.07, 6.45) is 8.81. The predicted octanol–water partition coefficient (Wildman–Crippen LogP) is -1.70. The zero-order valence-corrected chi connectivity index (χ0v) is 18.1. The summed E-state index contributed by atoms with van der Waals surface area (Å²) < 4.78 is 32.4. The molecular formula is C16H30N6O8S. The number of aromatic nitrogens is 2. The summed E-state index contributed by atoms with van der Waals surface area (Å²) in [7, 11) is -4.21. The minimum absolute atomic E-state index is 0.0291. The second-order valence-electron chi connectivity index (χ2n) is 5.96. The number of carboxylic acid groups (broad SMARTS) is 2. The molecule has 0 spiro atoms. The standard InChI is InChI=1S/C12H24N6O6S.C2H4O2.C2H2/c1-7(19)10(12(20)21)18-25(22,23)15-6-9-16-11(17-24-9)8(14)4-2-3-5-13;1-2(3)4;1-2/h7-8,10,15,18-19H,2-6,13-14H2,1H3,(H,20,21);1H3,(H,3,4);1-2H/t7?,8-,10?;;/m0../s1. The molecule has 2 unspecified atom stereocenters. The lowest BCUT2D eigenvalue weighted by atomic mass is 10.1. The van der Waals surface area contributed by atoms with E-state index in [0.29, 0.717) is 13.0 Å². The van der Waals surface area contributed by atoms with Crippen molar-refractivity contribution in [2.24, 2.45) is 11.5 Å². The molecule has 0 fully saturated rings. The van der Waals surface area contributed by atoms with Crippen molar-refractivity contribution in [1.29, 1.82) is 0 Å². The number of aliphatic hydroxyl groups is 1. The van der Waals surface area contributed by atoms with E-state index in [2.05, 4.69) is 27.7 Å². The van der Waals surface area contributed by atoms with Gasteiger partial charge in [-0.05, 0) is 26.3 Å². The lowest BCUT2D eigenvalue weighted by molar-refractivity contribution is -0.141. The van der Waals surface area contributed by atoms with Crippen LogP contribution in [-0.4, -0.2) is 64.5 Å². The average Bonchev–Trinajstić information content (AvgIpc) is 3.15. The molecule has 0 saturated heterocycles. The van der Waals surface area contributed by atoms with Gasteiger partial charge in [-0.25, -0.2) is 0 Å². The van der Waals surface area contributed by atoms with Gasteiger partial charge in [-0.3, -0.25) is 9.59 Å². The van der Waals surface area contributed by atoms with Gasteiger partial charge < -0.3 is 31.3 Å². The van der Waals surface area contributed by atoms with Crippen molar-refractivity contribution in [1.82, 2.24) is 19.6 Å². The number of hydrogen-bond acceptors (Lipinski definition) is 10. The number of hydrogen-bond donors (Lipinski definition) is 7. The molecule has 3 atom stereocenters. The molecule has 0 bridgehead atoms. The van der Waals surface area contributed by atoms with E-state index in [1.165, 1.54) is 0 Å². The Bertz CT molecular complexity index is 776. The van der Waals surface area contributed by atoms with E-state index in [4.69, 9.17) is 31.0 Å². The van der Waals surface area contributed by atoms with Crippen LogP contribution >= 0.6 is 0 Å². The van der Waals surface area contributed by atoms with Gasteiger partial charge in [0.2, 0.25) is 5.89 Å².